The number of hydrogen-bond acceptors (Lipinski definition) is 7. The highest BCUT2D eigenvalue weighted by Gasteiger charge is 2.14. The van der Waals surface area contributed by atoms with E-state index in [-0.39, 0.29) is 0 Å². The van der Waals surface area contributed by atoms with Gasteiger partial charge in [0.25, 0.3) is 0 Å². The molecule has 0 aliphatic heterocycles. The van der Waals surface area contributed by atoms with E-state index in [0.29, 0.717) is 52.0 Å². The number of aromatic nitrogens is 1. The topological polar surface area (TPSA) is 111 Å². The summed E-state index contributed by atoms with van der Waals surface area (Å²) >= 11 is 0. The maximum absolute atomic E-state index is 12.5. The quantitative estimate of drug-likeness (QED) is 0.258. The van der Waals surface area contributed by atoms with E-state index >= 15 is 0 Å². The van der Waals surface area contributed by atoms with Crippen LogP contribution in [0.25, 0.3) is 10.9 Å². The van der Waals surface area contributed by atoms with Crippen LogP contribution < -0.4 is 34.7 Å². The summed E-state index contributed by atoms with van der Waals surface area (Å²) in [7, 11) is 4.61. The standard InChI is InChI=1S/C26H24N4O6/c1-33-23-7-5-4-6-21(23)30(16-31)29-26(32)28-17-8-10-18(11-9-17)36-22-12-13-27-20-15-25(35-3)24(34-2)14-19(20)22/h4-16H,1-3H3,(H2,28,29,32). The van der Waals surface area contributed by atoms with Crippen molar-refractivity contribution >= 4 is 34.7 Å². The van der Waals surface area contributed by atoms with Crippen molar-refractivity contribution in [3.05, 3.63) is 72.9 Å². The molecule has 10 nitrogen and oxygen atoms in total. The Balaban J connectivity index is 1.45. The van der Waals surface area contributed by atoms with E-state index < -0.39 is 6.03 Å². The number of ether oxygens (including phenoxy) is 4. The molecule has 0 unspecified atom stereocenters. The van der Waals surface area contributed by atoms with Crippen LogP contribution in [0.1, 0.15) is 0 Å². The van der Waals surface area contributed by atoms with Crippen LogP contribution in [0, 0.1) is 0 Å². The zero-order valence-corrected chi connectivity index (χ0v) is 19.8. The molecule has 1 heterocycles. The molecule has 0 aliphatic carbocycles. The molecule has 36 heavy (non-hydrogen) atoms. The zero-order valence-electron chi connectivity index (χ0n) is 19.8. The Morgan fingerprint density at radius 2 is 1.56 bits per heavy atom. The molecule has 3 aromatic carbocycles. The van der Waals surface area contributed by atoms with Gasteiger partial charge in [0.15, 0.2) is 11.5 Å². The number of nitrogens with one attached hydrogen (secondary N) is 2. The summed E-state index contributed by atoms with van der Waals surface area (Å²) in [5.41, 5.74) is 4.06. The van der Waals surface area contributed by atoms with Gasteiger partial charge in [-0.15, -0.1) is 0 Å². The van der Waals surface area contributed by atoms with E-state index in [1.165, 1.54) is 7.11 Å². The predicted molar refractivity (Wildman–Crippen MR) is 135 cm³/mol. The molecule has 3 amide bonds. The van der Waals surface area contributed by atoms with E-state index in [1.807, 2.05) is 0 Å². The number of carbonyl (C=O) groups is 2. The van der Waals surface area contributed by atoms with Gasteiger partial charge < -0.3 is 24.3 Å². The predicted octanol–water partition coefficient (Wildman–Crippen LogP) is 4.75. The summed E-state index contributed by atoms with van der Waals surface area (Å²) in [6, 6.07) is 18.3. The molecule has 0 radical (unpaired) electrons. The minimum absolute atomic E-state index is 0.396. The fourth-order valence-corrected chi connectivity index (χ4v) is 3.51. The Morgan fingerprint density at radius 3 is 2.25 bits per heavy atom. The summed E-state index contributed by atoms with van der Waals surface area (Å²) in [5.74, 6) is 2.70. The molecule has 10 heteroatoms. The number of carbonyl (C=O) groups excluding carboxylic acids is 2. The van der Waals surface area contributed by atoms with Crippen molar-refractivity contribution in [1.29, 1.82) is 0 Å². The molecule has 2 N–H and O–H groups in total. The summed E-state index contributed by atoms with van der Waals surface area (Å²) in [6.45, 7) is 0. The molecule has 4 aromatic rings. The maximum atomic E-state index is 12.5. The summed E-state index contributed by atoms with van der Waals surface area (Å²) in [4.78, 5) is 28.4. The van der Waals surface area contributed by atoms with Crippen molar-refractivity contribution in [3.63, 3.8) is 0 Å². The zero-order chi connectivity index (χ0) is 25.5. The van der Waals surface area contributed by atoms with Crippen molar-refractivity contribution in [2.75, 3.05) is 31.7 Å². The van der Waals surface area contributed by atoms with Gasteiger partial charge in [-0.05, 0) is 48.5 Å². The molecule has 0 saturated heterocycles. The number of benzene rings is 3. The number of anilines is 2. The maximum Gasteiger partial charge on any atom is 0.338 e. The van der Waals surface area contributed by atoms with Crippen LogP contribution in [0.15, 0.2) is 72.9 Å². The van der Waals surface area contributed by atoms with Gasteiger partial charge in [0.1, 0.15) is 22.9 Å². The Kier molecular flexibility index (Phi) is 7.35. The molecular formula is C26H24N4O6. The van der Waals surface area contributed by atoms with E-state index in [4.69, 9.17) is 18.9 Å². The lowest BCUT2D eigenvalue weighted by atomic mass is 10.2. The fraction of sp³-hybridized carbons (Fsp3) is 0.115. The minimum Gasteiger partial charge on any atom is -0.494 e. The van der Waals surface area contributed by atoms with E-state index in [2.05, 4.69) is 15.7 Å². The number of urea groups is 1. The van der Waals surface area contributed by atoms with Gasteiger partial charge in [-0.1, -0.05) is 12.1 Å². The normalized spacial score (nSPS) is 10.3. The number of hydrogen-bond donors (Lipinski definition) is 2. The van der Waals surface area contributed by atoms with Gasteiger partial charge in [0.2, 0.25) is 6.41 Å². The Morgan fingerprint density at radius 1 is 0.861 bits per heavy atom. The molecule has 0 saturated carbocycles. The SMILES string of the molecule is COc1cc2nccc(Oc3ccc(NC(=O)NN(C=O)c4ccccc4OC)cc3)c2cc1OC. The van der Waals surface area contributed by atoms with Crippen molar-refractivity contribution < 1.29 is 28.5 Å². The van der Waals surface area contributed by atoms with Crippen LogP contribution in [0.4, 0.5) is 16.2 Å². The Hall–Kier alpha value is -4.99. The van der Waals surface area contributed by atoms with E-state index in [9.17, 15) is 9.59 Å². The van der Waals surface area contributed by atoms with Crippen molar-refractivity contribution in [2.45, 2.75) is 0 Å². The van der Waals surface area contributed by atoms with E-state index in [0.717, 1.165) is 10.4 Å². The first-order valence-electron chi connectivity index (χ1n) is 10.8. The first-order valence-corrected chi connectivity index (χ1v) is 10.8. The molecule has 0 aliphatic rings. The van der Waals surface area contributed by atoms with Gasteiger partial charge in [0, 0.05) is 23.3 Å². The van der Waals surface area contributed by atoms with E-state index in [1.54, 1.807) is 87.1 Å². The lowest BCUT2D eigenvalue weighted by Crippen LogP contribution is -2.44. The molecule has 0 spiro atoms. The molecule has 4 rings (SSSR count). The average molecular weight is 489 g/mol. The summed E-state index contributed by atoms with van der Waals surface area (Å²) in [6.07, 6.45) is 2.13. The number of amides is 3. The first kappa shape index (κ1) is 24.1. The Bertz CT molecular complexity index is 1380. The minimum atomic E-state index is -0.608. The highest BCUT2D eigenvalue weighted by Crippen LogP contribution is 2.37. The molecule has 184 valence electrons. The molecule has 0 bridgehead atoms. The van der Waals surface area contributed by atoms with Crippen molar-refractivity contribution in [1.82, 2.24) is 10.4 Å². The van der Waals surface area contributed by atoms with Crippen LogP contribution in [-0.2, 0) is 4.79 Å². The smallest absolute Gasteiger partial charge is 0.338 e. The largest absolute Gasteiger partial charge is 0.494 e. The molecule has 1 aromatic heterocycles. The van der Waals surface area contributed by atoms with Gasteiger partial charge in [-0.3, -0.25) is 9.78 Å². The third-order valence-electron chi connectivity index (χ3n) is 5.22. The highest BCUT2D eigenvalue weighted by molar-refractivity contribution is 5.94. The van der Waals surface area contributed by atoms with Gasteiger partial charge in [-0.25, -0.2) is 15.2 Å². The van der Waals surface area contributed by atoms with Crippen LogP contribution in [0.2, 0.25) is 0 Å². The van der Waals surface area contributed by atoms with Crippen LogP contribution >= 0.6 is 0 Å². The molecular weight excluding hydrogens is 464 g/mol. The van der Waals surface area contributed by atoms with Gasteiger partial charge >= 0.3 is 6.03 Å². The number of hydrazine groups is 1. The monoisotopic (exact) mass is 488 g/mol. The number of nitrogens with zero attached hydrogens (tertiary/aromatic N) is 2. The fourth-order valence-electron chi connectivity index (χ4n) is 3.51. The van der Waals surface area contributed by atoms with Crippen LogP contribution in [-0.4, -0.2) is 38.8 Å². The number of pyridine rings is 1. The summed E-state index contributed by atoms with van der Waals surface area (Å²) in [5, 5.41) is 4.46. The third kappa shape index (κ3) is 5.22. The third-order valence-corrected chi connectivity index (χ3v) is 5.22. The first-order chi connectivity index (χ1) is 17.6. The van der Waals surface area contributed by atoms with Gasteiger partial charge in [0.05, 0.1) is 26.8 Å². The Labute approximate surface area is 207 Å². The average Bonchev–Trinajstić information content (AvgIpc) is 2.92. The van der Waals surface area contributed by atoms with Gasteiger partial charge in [-0.2, -0.15) is 0 Å². The van der Waals surface area contributed by atoms with Crippen LogP contribution in [0.5, 0.6) is 28.7 Å². The summed E-state index contributed by atoms with van der Waals surface area (Å²) < 4.78 is 22.0. The molecule has 0 atom stereocenters. The van der Waals surface area contributed by atoms with Crippen molar-refractivity contribution in [2.24, 2.45) is 0 Å². The molecule has 0 fully saturated rings. The number of para-hydroxylation sites is 2. The highest BCUT2D eigenvalue weighted by atomic mass is 16.5. The lowest BCUT2D eigenvalue weighted by molar-refractivity contribution is -0.107. The second-order valence-electron chi connectivity index (χ2n) is 7.37. The second kappa shape index (κ2) is 11.0. The number of rotatable bonds is 9. The van der Waals surface area contributed by atoms with Crippen molar-refractivity contribution in [3.8, 4) is 28.7 Å². The second-order valence-corrected chi connectivity index (χ2v) is 7.37. The number of fused-ring (bicyclic) bond motifs is 1. The van der Waals surface area contributed by atoms with Crippen LogP contribution in [0.3, 0.4) is 0 Å². The number of methoxy groups -OCH3 is 3. The lowest BCUT2D eigenvalue weighted by Gasteiger charge is -2.20.